The van der Waals surface area contributed by atoms with Gasteiger partial charge in [-0.3, -0.25) is 4.90 Å². The maximum atomic E-state index is 11.9. The fourth-order valence-electron chi connectivity index (χ4n) is 2.85. The lowest BCUT2D eigenvalue weighted by Gasteiger charge is -2.17. The van der Waals surface area contributed by atoms with Crippen LogP contribution in [0.1, 0.15) is 28.5 Å². The average molecular weight is 362 g/mol. The zero-order valence-corrected chi connectivity index (χ0v) is 15.6. The van der Waals surface area contributed by atoms with E-state index in [4.69, 9.17) is 16.0 Å². The molecule has 2 aromatic heterocycles. The standard InChI is InChI=1S/C19H20ClNO2S/c1-4-13-7-17-15(9-16(13)20)14(8-19(22)23-17)10-21(3)11-18-12(2)5-6-24-18/h5-9H,4,10-11H2,1-3H3. The molecule has 0 fully saturated rings. The minimum absolute atomic E-state index is 0.317. The minimum atomic E-state index is -0.317. The Bertz CT molecular complexity index is 929. The Hall–Kier alpha value is -1.62. The third kappa shape index (κ3) is 3.56. The van der Waals surface area contributed by atoms with Gasteiger partial charge < -0.3 is 4.42 Å². The molecule has 0 spiro atoms. The summed E-state index contributed by atoms with van der Waals surface area (Å²) < 4.78 is 5.38. The molecule has 0 N–H and O–H groups in total. The first kappa shape index (κ1) is 17.2. The molecular weight excluding hydrogens is 342 g/mol. The molecule has 2 heterocycles. The summed E-state index contributed by atoms with van der Waals surface area (Å²) in [5.74, 6) is 0. The van der Waals surface area contributed by atoms with Crippen LogP contribution in [-0.4, -0.2) is 11.9 Å². The fraction of sp³-hybridized carbons (Fsp3) is 0.316. The number of nitrogens with zero attached hydrogens (tertiary/aromatic N) is 1. The first-order valence-electron chi connectivity index (χ1n) is 7.94. The van der Waals surface area contributed by atoms with Crippen molar-refractivity contribution in [3.05, 3.63) is 66.7 Å². The second kappa shape index (κ2) is 7.09. The van der Waals surface area contributed by atoms with Crippen LogP contribution in [-0.2, 0) is 19.5 Å². The number of thiophene rings is 1. The summed E-state index contributed by atoms with van der Waals surface area (Å²) in [6.45, 7) is 5.68. The van der Waals surface area contributed by atoms with Gasteiger partial charge in [-0.25, -0.2) is 4.79 Å². The van der Waals surface area contributed by atoms with Gasteiger partial charge in [-0.2, -0.15) is 0 Å². The monoisotopic (exact) mass is 361 g/mol. The van der Waals surface area contributed by atoms with Crippen molar-refractivity contribution in [1.29, 1.82) is 0 Å². The van der Waals surface area contributed by atoms with Crippen molar-refractivity contribution in [2.24, 2.45) is 0 Å². The Balaban J connectivity index is 1.95. The van der Waals surface area contributed by atoms with E-state index in [1.165, 1.54) is 10.4 Å². The highest BCUT2D eigenvalue weighted by atomic mass is 35.5. The number of aryl methyl sites for hydroxylation is 2. The molecule has 0 bridgehead atoms. The molecular formula is C19H20ClNO2S. The Kier molecular flexibility index (Phi) is 5.09. The van der Waals surface area contributed by atoms with Crippen LogP contribution >= 0.6 is 22.9 Å². The molecule has 3 nitrogen and oxygen atoms in total. The zero-order valence-electron chi connectivity index (χ0n) is 14.1. The summed E-state index contributed by atoms with van der Waals surface area (Å²) in [6.07, 6.45) is 0.806. The predicted molar refractivity (Wildman–Crippen MR) is 101 cm³/mol. The van der Waals surface area contributed by atoms with E-state index in [0.717, 1.165) is 34.5 Å². The van der Waals surface area contributed by atoms with Gasteiger partial charge in [-0.15, -0.1) is 11.3 Å². The van der Waals surface area contributed by atoms with E-state index in [1.54, 1.807) is 17.4 Å². The molecule has 5 heteroatoms. The second-order valence-corrected chi connectivity index (χ2v) is 7.49. The van der Waals surface area contributed by atoms with E-state index in [2.05, 4.69) is 30.3 Å². The van der Waals surface area contributed by atoms with Gasteiger partial charge in [-0.1, -0.05) is 18.5 Å². The van der Waals surface area contributed by atoms with Crippen molar-refractivity contribution in [3.8, 4) is 0 Å². The summed E-state index contributed by atoms with van der Waals surface area (Å²) in [5.41, 5.74) is 3.54. The molecule has 0 amide bonds. The summed E-state index contributed by atoms with van der Waals surface area (Å²) in [6, 6.07) is 7.50. The van der Waals surface area contributed by atoms with Crippen LogP contribution in [0.25, 0.3) is 11.0 Å². The second-order valence-electron chi connectivity index (χ2n) is 6.08. The number of hydrogen-bond acceptors (Lipinski definition) is 4. The van der Waals surface area contributed by atoms with Crippen LogP contribution in [0.5, 0.6) is 0 Å². The molecule has 1 aromatic carbocycles. The number of halogens is 1. The summed E-state index contributed by atoms with van der Waals surface area (Å²) in [5, 5.41) is 3.74. The Labute approximate surface area is 150 Å². The van der Waals surface area contributed by atoms with Crippen LogP contribution in [0.3, 0.4) is 0 Å². The van der Waals surface area contributed by atoms with Gasteiger partial charge in [0.05, 0.1) is 0 Å². The van der Waals surface area contributed by atoms with E-state index >= 15 is 0 Å². The van der Waals surface area contributed by atoms with E-state index in [-0.39, 0.29) is 5.63 Å². The minimum Gasteiger partial charge on any atom is -0.423 e. The summed E-state index contributed by atoms with van der Waals surface area (Å²) in [4.78, 5) is 15.5. The molecule has 0 unspecified atom stereocenters. The van der Waals surface area contributed by atoms with Crippen LogP contribution in [0.2, 0.25) is 5.02 Å². The molecule has 0 saturated carbocycles. The van der Waals surface area contributed by atoms with E-state index in [9.17, 15) is 4.79 Å². The molecule has 0 radical (unpaired) electrons. The Morgan fingerprint density at radius 1 is 1.21 bits per heavy atom. The van der Waals surface area contributed by atoms with Crippen LogP contribution < -0.4 is 5.63 Å². The number of fused-ring (bicyclic) bond motifs is 1. The van der Waals surface area contributed by atoms with Crippen LogP contribution in [0.4, 0.5) is 0 Å². The lowest BCUT2D eigenvalue weighted by atomic mass is 10.1. The average Bonchev–Trinajstić information content (AvgIpc) is 2.92. The molecule has 0 atom stereocenters. The fourth-order valence-corrected chi connectivity index (χ4v) is 4.13. The third-order valence-electron chi connectivity index (χ3n) is 4.20. The molecule has 3 rings (SSSR count). The lowest BCUT2D eigenvalue weighted by molar-refractivity contribution is 0.321. The van der Waals surface area contributed by atoms with Gasteiger partial charge in [0.15, 0.2) is 0 Å². The smallest absolute Gasteiger partial charge is 0.336 e. The molecule has 0 saturated heterocycles. The predicted octanol–water partition coefficient (Wildman–Crippen LogP) is 5.01. The maximum absolute atomic E-state index is 11.9. The van der Waals surface area contributed by atoms with Crippen molar-refractivity contribution in [3.63, 3.8) is 0 Å². The van der Waals surface area contributed by atoms with Gasteiger partial charge in [0, 0.05) is 34.4 Å². The summed E-state index contributed by atoms with van der Waals surface area (Å²) in [7, 11) is 2.06. The quantitative estimate of drug-likeness (QED) is 0.599. The molecule has 0 aliphatic heterocycles. The Morgan fingerprint density at radius 3 is 2.67 bits per heavy atom. The molecule has 24 heavy (non-hydrogen) atoms. The normalized spacial score (nSPS) is 11.5. The van der Waals surface area contributed by atoms with Crippen molar-refractivity contribution in [1.82, 2.24) is 4.90 Å². The van der Waals surface area contributed by atoms with Crippen molar-refractivity contribution in [2.75, 3.05) is 7.05 Å². The van der Waals surface area contributed by atoms with Gasteiger partial charge in [0.2, 0.25) is 0 Å². The lowest BCUT2D eigenvalue weighted by Crippen LogP contribution is -2.18. The highest BCUT2D eigenvalue weighted by Crippen LogP contribution is 2.27. The van der Waals surface area contributed by atoms with Crippen molar-refractivity contribution < 1.29 is 4.42 Å². The first-order chi connectivity index (χ1) is 11.5. The van der Waals surface area contributed by atoms with Crippen LogP contribution in [0, 0.1) is 6.92 Å². The largest absolute Gasteiger partial charge is 0.423 e. The van der Waals surface area contributed by atoms with Crippen molar-refractivity contribution in [2.45, 2.75) is 33.4 Å². The maximum Gasteiger partial charge on any atom is 0.336 e. The van der Waals surface area contributed by atoms with Gasteiger partial charge in [0.25, 0.3) is 0 Å². The third-order valence-corrected chi connectivity index (χ3v) is 5.56. The highest BCUT2D eigenvalue weighted by Gasteiger charge is 2.12. The summed E-state index contributed by atoms with van der Waals surface area (Å²) >= 11 is 8.12. The van der Waals surface area contributed by atoms with Gasteiger partial charge in [0.1, 0.15) is 5.58 Å². The first-order valence-corrected chi connectivity index (χ1v) is 9.20. The van der Waals surface area contributed by atoms with Crippen LogP contribution in [0.15, 0.2) is 38.9 Å². The van der Waals surface area contributed by atoms with Gasteiger partial charge in [-0.05, 0) is 60.7 Å². The topological polar surface area (TPSA) is 33.5 Å². The Morgan fingerprint density at radius 2 is 2.00 bits per heavy atom. The highest BCUT2D eigenvalue weighted by molar-refractivity contribution is 7.10. The number of benzene rings is 1. The number of hydrogen-bond donors (Lipinski definition) is 0. The molecule has 0 aliphatic rings. The van der Waals surface area contributed by atoms with E-state index < -0.39 is 0 Å². The number of rotatable bonds is 5. The molecule has 3 aromatic rings. The molecule has 126 valence electrons. The zero-order chi connectivity index (χ0) is 17.3. The van der Waals surface area contributed by atoms with Crippen molar-refractivity contribution >= 4 is 33.9 Å². The molecule has 0 aliphatic carbocycles. The SMILES string of the molecule is CCc1cc2oc(=O)cc(CN(C)Cc3sccc3C)c2cc1Cl. The van der Waals surface area contributed by atoms with E-state index in [1.807, 2.05) is 19.1 Å². The van der Waals surface area contributed by atoms with E-state index in [0.29, 0.717) is 12.1 Å². The van der Waals surface area contributed by atoms with Gasteiger partial charge >= 0.3 is 5.63 Å².